The molecule has 0 aliphatic carbocycles. The summed E-state index contributed by atoms with van der Waals surface area (Å²) in [6.45, 7) is 3.39. The Bertz CT molecular complexity index is 965. The van der Waals surface area contributed by atoms with E-state index in [9.17, 15) is 14.4 Å². The van der Waals surface area contributed by atoms with Crippen molar-refractivity contribution in [3.63, 3.8) is 0 Å². The van der Waals surface area contributed by atoms with Crippen LogP contribution in [0.4, 0.5) is 5.95 Å². The topological polar surface area (TPSA) is 158 Å². The molecule has 1 fully saturated rings. The van der Waals surface area contributed by atoms with Crippen molar-refractivity contribution in [2.24, 2.45) is 0 Å². The van der Waals surface area contributed by atoms with Crippen LogP contribution in [0.25, 0.3) is 11.2 Å². The Balaban J connectivity index is 2.04. The van der Waals surface area contributed by atoms with E-state index in [2.05, 4.69) is 15.0 Å². The van der Waals surface area contributed by atoms with Crippen molar-refractivity contribution in [3.05, 3.63) is 11.5 Å². The minimum Gasteiger partial charge on any atom is -0.463 e. The van der Waals surface area contributed by atoms with Gasteiger partial charge >= 0.3 is 17.9 Å². The standard InChI is InChI=1S/C16H18ClN5O7/c1-6(23)26-4-9-11(27-7(2)24)12(28-8(3)25)15(29-9)22-5-19-10-13(17)20-16(18)21-14(10)22/h5,9,11-12,15H,4H2,1-3H3,(H2,18,20,21)/t9-,11?,12+,15-/m1/s1. The summed E-state index contributed by atoms with van der Waals surface area (Å²) in [5, 5.41) is 0.0290. The smallest absolute Gasteiger partial charge is 0.303 e. The van der Waals surface area contributed by atoms with Gasteiger partial charge in [-0.05, 0) is 0 Å². The second-order valence-corrected chi connectivity index (χ2v) is 6.57. The third-order valence-electron chi connectivity index (χ3n) is 4.01. The number of nitrogens with two attached hydrogens (primary N) is 1. The highest BCUT2D eigenvalue weighted by atomic mass is 35.5. The molecule has 0 spiro atoms. The molecule has 2 aromatic rings. The van der Waals surface area contributed by atoms with Crippen LogP contribution >= 0.6 is 11.6 Å². The molecule has 3 rings (SSSR count). The van der Waals surface area contributed by atoms with Crippen LogP contribution in [0.2, 0.25) is 5.15 Å². The first kappa shape index (κ1) is 20.7. The van der Waals surface area contributed by atoms with Gasteiger partial charge in [-0.3, -0.25) is 19.0 Å². The van der Waals surface area contributed by atoms with Crippen molar-refractivity contribution in [2.45, 2.75) is 45.3 Å². The molecule has 0 bridgehead atoms. The molecule has 0 radical (unpaired) electrons. The van der Waals surface area contributed by atoms with Gasteiger partial charge in [-0.15, -0.1) is 0 Å². The number of nitrogen functional groups attached to an aromatic ring is 1. The van der Waals surface area contributed by atoms with E-state index in [1.807, 2.05) is 0 Å². The van der Waals surface area contributed by atoms with Gasteiger partial charge < -0.3 is 24.7 Å². The molecule has 4 atom stereocenters. The summed E-state index contributed by atoms with van der Waals surface area (Å²) >= 11 is 6.05. The van der Waals surface area contributed by atoms with E-state index < -0.39 is 42.4 Å². The molecule has 0 aromatic carbocycles. The maximum absolute atomic E-state index is 11.7. The number of hydrogen-bond acceptors (Lipinski definition) is 11. The lowest BCUT2D eigenvalue weighted by Crippen LogP contribution is -2.40. The predicted octanol–water partition coefficient (Wildman–Crippen LogP) is 0.386. The Morgan fingerprint density at radius 1 is 1.14 bits per heavy atom. The van der Waals surface area contributed by atoms with E-state index in [-0.39, 0.29) is 28.9 Å². The molecule has 1 aliphatic heterocycles. The fraction of sp³-hybridized carbons (Fsp3) is 0.500. The fourth-order valence-corrected chi connectivity index (χ4v) is 3.22. The van der Waals surface area contributed by atoms with Gasteiger partial charge in [-0.2, -0.15) is 9.97 Å². The van der Waals surface area contributed by atoms with E-state index in [0.29, 0.717) is 0 Å². The molecule has 156 valence electrons. The summed E-state index contributed by atoms with van der Waals surface area (Å²) in [7, 11) is 0. The average Bonchev–Trinajstić information content (AvgIpc) is 3.15. The SMILES string of the molecule is CC(=O)OC[C@H]1O[C@@H](n2cnc3c(Cl)nc(N)nc32)[C@@H](OC(C)=O)C1OC(C)=O. The van der Waals surface area contributed by atoms with Crippen molar-refractivity contribution < 1.29 is 33.3 Å². The van der Waals surface area contributed by atoms with E-state index in [1.165, 1.54) is 31.7 Å². The summed E-state index contributed by atoms with van der Waals surface area (Å²) in [6, 6.07) is 0. The number of fused-ring (bicyclic) bond motifs is 1. The molecule has 29 heavy (non-hydrogen) atoms. The van der Waals surface area contributed by atoms with Gasteiger partial charge in [0.2, 0.25) is 5.95 Å². The Kier molecular flexibility index (Phi) is 5.84. The second kappa shape index (κ2) is 8.17. The highest BCUT2D eigenvalue weighted by molar-refractivity contribution is 6.33. The third-order valence-corrected chi connectivity index (χ3v) is 4.27. The molecule has 2 aromatic heterocycles. The number of ether oxygens (including phenoxy) is 4. The van der Waals surface area contributed by atoms with Crippen molar-refractivity contribution in [1.29, 1.82) is 0 Å². The van der Waals surface area contributed by atoms with Crippen LogP contribution in [0.5, 0.6) is 0 Å². The predicted molar refractivity (Wildman–Crippen MR) is 96.4 cm³/mol. The largest absolute Gasteiger partial charge is 0.463 e. The number of carbonyl (C=O) groups excluding carboxylic acids is 3. The zero-order valence-corrected chi connectivity index (χ0v) is 16.5. The van der Waals surface area contributed by atoms with E-state index in [0.717, 1.165) is 0 Å². The van der Waals surface area contributed by atoms with Crippen molar-refractivity contribution in [1.82, 2.24) is 19.5 Å². The molecule has 1 unspecified atom stereocenters. The minimum absolute atomic E-state index is 0.0290. The lowest BCUT2D eigenvalue weighted by Gasteiger charge is -2.23. The zero-order chi connectivity index (χ0) is 21.3. The quantitative estimate of drug-likeness (QED) is 0.399. The first-order chi connectivity index (χ1) is 13.7. The van der Waals surface area contributed by atoms with Gasteiger partial charge in [0.25, 0.3) is 0 Å². The summed E-state index contributed by atoms with van der Waals surface area (Å²) in [5.74, 6) is -1.91. The van der Waals surface area contributed by atoms with Crippen LogP contribution in [0.3, 0.4) is 0 Å². The summed E-state index contributed by atoms with van der Waals surface area (Å²) in [4.78, 5) is 46.6. The van der Waals surface area contributed by atoms with E-state index in [1.54, 1.807) is 0 Å². The number of carbonyl (C=O) groups is 3. The lowest BCUT2D eigenvalue weighted by atomic mass is 10.1. The Hall–Kier alpha value is -2.99. The van der Waals surface area contributed by atoms with Crippen LogP contribution in [0.1, 0.15) is 27.0 Å². The minimum atomic E-state index is -1.08. The van der Waals surface area contributed by atoms with Crippen molar-refractivity contribution in [3.8, 4) is 0 Å². The number of halogens is 1. The van der Waals surface area contributed by atoms with Crippen LogP contribution in [0.15, 0.2) is 6.33 Å². The van der Waals surface area contributed by atoms with Crippen LogP contribution in [-0.2, 0) is 33.3 Å². The van der Waals surface area contributed by atoms with Gasteiger partial charge in [0, 0.05) is 20.8 Å². The molecule has 1 aliphatic rings. The zero-order valence-electron chi connectivity index (χ0n) is 15.7. The number of imidazole rings is 1. The van der Waals surface area contributed by atoms with E-state index >= 15 is 0 Å². The van der Waals surface area contributed by atoms with Gasteiger partial charge in [0.05, 0.1) is 6.33 Å². The van der Waals surface area contributed by atoms with Gasteiger partial charge in [-0.25, -0.2) is 4.98 Å². The van der Waals surface area contributed by atoms with Crippen LogP contribution in [0, 0.1) is 0 Å². The Morgan fingerprint density at radius 3 is 2.41 bits per heavy atom. The molecule has 3 heterocycles. The Morgan fingerprint density at radius 2 is 1.79 bits per heavy atom. The molecule has 1 saturated heterocycles. The maximum Gasteiger partial charge on any atom is 0.303 e. The second-order valence-electron chi connectivity index (χ2n) is 6.21. The average molecular weight is 428 g/mol. The normalized spacial score (nSPS) is 23.7. The number of anilines is 1. The summed E-state index contributed by atoms with van der Waals surface area (Å²) in [5.41, 5.74) is 6.14. The number of aromatic nitrogens is 4. The Labute approximate surface area is 169 Å². The molecular weight excluding hydrogens is 410 g/mol. The molecule has 0 amide bonds. The molecule has 2 N–H and O–H groups in total. The van der Waals surface area contributed by atoms with E-state index in [4.69, 9.17) is 36.3 Å². The molecule has 12 nitrogen and oxygen atoms in total. The first-order valence-corrected chi connectivity index (χ1v) is 8.84. The van der Waals surface area contributed by atoms with Gasteiger partial charge in [0.1, 0.15) is 18.2 Å². The van der Waals surface area contributed by atoms with Gasteiger partial charge in [0.15, 0.2) is 29.2 Å². The molecule has 0 saturated carbocycles. The fourth-order valence-electron chi connectivity index (χ4n) is 3.00. The van der Waals surface area contributed by atoms with Crippen molar-refractivity contribution in [2.75, 3.05) is 12.3 Å². The highest BCUT2D eigenvalue weighted by Crippen LogP contribution is 2.36. The maximum atomic E-state index is 11.7. The molecular formula is C16H18ClN5O7. The first-order valence-electron chi connectivity index (χ1n) is 8.46. The van der Waals surface area contributed by atoms with Crippen LogP contribution < -0.4 is 5.73 Å². The van der Waals surface area contributed by atoms with Crippen LogP contribution in [-0.4, -0.2) is 62.3 Å². The molecule has 13 heteroatoms. The number of hydrogen-bond donors (Lipinski definition) is 1. The number of esters is 3. The number of nitrogens with zero attached hydrogens (tertiary/aromatic N) is 4. The highest BCUT2D eigenvalue weighted by Gasteiger charge is 2.51. The summed E-state index contributed by atoms with van der Waals surface area (Å²) in [6.07, 6.45) is -2.70. The lowest BCUT2D eigenvalue weighted by molar-refractivity contribution is -0.166. The summed E-state index contributed by atoms with van der Waals surface area (Å²) < 4.78 is 23.0. The van der Waals surface area contributed by atoms with Crippen molar-refractivity contribution >= 4 is 46.6 Å². The monoisotopic (exact) mass is 427 g/mol. The van der Waals surface area contributed by atoms with Gasteiger partial charge in [-0.1, -0.05) is 11.6 Å². The third kappa shape index (κ3) is 4.38. The number of rotatable bonds is 5.